The third kappa shape index (κ3) is 4.37. The fourth-order valence-corrected chi connectivity index (χ4v) is 6.85. The van der Waals surface area contributed by atoms with E-state index in [0.29, 0.717) is 11.8 Å². The zero-order valence-corrected chi connectivity index (χ0v) is 21.3. The van der Waals surface area contributed by atoms with Gasteiger partial charge in [-0.3, -0.25) is 4.90 Å². The van der Waals surface area contributed by atoms with Gasteiger partial charge in [0.05, 0.1) is 12.1 Å². The van der Waals surface area contributed by atoms with E-state index in [1.807, 2.05) is 4.90 Å². The summed E-state index contributed by atoms with van der Waals surface area (Å²) in [6.07, 6.45) is 4.59. The van der Waals surface area contributed by atoms with Crippen LogP contribution in [0.1, 0.15) is 69.7 Å². The molecule has 2 aromatic rings. The SMILES string of the molecule is CC(C)Cc1cccc(-c2ccc3c(c2)CCC(C)(C)[C@H]3N(C(=O)O)[C@@H]2CN3CCC2CC3)c1. The Labute approximate surface area is 205 Å². The molecule has 1 aliphatic carbocycles. The highest BCUT2D eigenvalue weighted by molar-refractivity contribution is 5.69. The second-order valence-electron chi connectivity index (χ2n) is 12.0. The molecule has 1 N–H and O–H groups in total. The number of carboxylic acid groups (broad SMARTS) is 1. The molecule has 3 heterocycles. The second kappa shape index (κ2) is 9.03. The summed E-state index contributed by atoms with van der Waals surface area (Å²) >= 11 is 0. The van der Waals surface area contributed by atoms with Crippen LogP contribution in [0.5, 0.6) is 0 Å². The summed E-state index contributed by atoms with van der Waals surface area (Å²) in [5.74, 6) is 1.13. The molecule has 0 unspecified atom stereocenters. The lowest BCUT2D eigenvalue weighted by Gasteiger charge is -2.54. The molecule has 4 nitrogen and oxygen atoms in total. The Balaban J connectivity index is 1.51. The van der Waals surface area contributed by atoms with E-state index in [1.165, 1.54) is 27.8 Å². The summed E-state index contributed by atoms with van der Waals surface area (Å²) in [6.45, 7) is 12.2. The molecule has 34 heavy (non-hydrogen) atoms. The molecule has 0 aromatic heterocycles. The van der Waals surface area contributed by atoms with Gasteiger partial charge in [0.1, 0.15) is 0 Å². The highest BCUT2D eigenvalue weighted by Crippen LogP contribution is 2.50. The number of amides is 1. The van der Waals surface area contributed by atoms with Crippen molar-refractivity contribution in [3.63, 3.8) is 0 Å². The maximum atomic E-state index is 12.8. The summed E-state index contributed by atoms with van der Waals surface area (Å²) in [5, 5.41) is 10.5. The predicted molar refractivity (Wildman–Crippen MR) is 138 cm³/mol. The number of benzene rings is 2. The van der Waals surface area contributed by atoms with Gasteiger partial charge in [-0.25, -0.2) is 4.79 Å². The van der Waals surface area contributed by atoms with Crippen molar-refractivity contribution in [2.24, 2.45) is 17.3 Å². The molecule has 2 aromatic carbocycles. The number of fused-ring (bicyclic) bond motifs is 4. The van der Waals surface area contributed by atoms with Gasteiger partial charge in [-0.2, -0.15) is 0 Å². The Kier molecular flexibility index (Phi) is 6.22. The van der Waals surface area contributed by atoms with Gasteiger partial charge in [0.2, 0.25) is 0 Å². The van der Waals surface area contributed by atoms with E-state index in [-0.39, 0.29) is 17.5 Å². The van der Waals surface area contributed by atoms with Gasteiger partial charge in [0.15, 0.2) is 0 Å². The number of hydrogen-bond donors (Lipinski definition) is 1. The van der Waals surface area contributed by atoms with Crippen LogP contribution in [-0.2, 0) is 12.8 Å². The van der Waals surface area contributed by atoms with E-state index in [2.05, 4.69) is 75.1 Å². The Morgan fingerprint density at radius 2 is 1.85 bits per heavy atom. The van der Waals surface area contributed by atoms with Crippen molar-refractivity contribution in [2.45, 2.75) is 71.9 Å². The monoisotopic (exact) mass is 460 g/mol. The topological polar surface area (TPSA) is 43.8 Å². The van der Waals surface area contributed by atoms with E-state index in [9.17, 15) is 9.90 Å². The molecule has 2 bridgehead atoms. The van der Waals surface area contributed by atoms with E-state index < -0.39 is 6.09 Å². The van der Waals surface area contributed by atoms with Crippen LogP contribution >= 0.6 is 0 Å². The predicted octanol–water partition coefficient (Wildman–Crippen LogP) is 6.64. The van der Waals surface area contributed by atoms with Crippen molar-refractivity contribution in [1.82, 2.24) is 9.80 Å². The van der Waals surface area contributed by atoms with Crippen LogP contribution < -0.4 is 0 Å². The Bertz CT molecular complexity index is 1050. The number of nitrogens with zero attached hydrogens (tertiary/aromatic N) is 2. The van der Waals surface area contributed by atoms with Crippen LogP contribution in [0.15, 0.2) is 42.5 Å². The summed E-state index contributed by atoms with van der Waals surface area (Å²) in [6, 6.07) is 15.7. The summed E-state index contributed by atoms with van der Waals surface area (Å²) in [5.41, 5.74) is 6.34. The molecule has 3 fully saturated rings. The third-order valence-electron chi connectivity index (χ3n) is 8.60. The molecule has 3 aliphatic heterocycles. The van der Waals surface area contributed by atoms with Crippen molar-refractivity contribution in [2.75, 3.05) is 19.6 Å². The Morgan fingerprint density at radius 3 is 2.50 bits per heavy atom. The average molecular weight is 461 g/mol. The minimum Gasteiger partial charge on any atom is -0.465 e. The first-order valence-electron chi connectivity index (χ1n) is 13.2. The van der Waals surface area contributed by atoms with Gasteiger partial charge in [0.25, 0.3) is 0 Å². The van der Waals surface area contributed by atoms with Gasteiger partial charge in [-0.1, -0.05) is 70.2 Å². The zero-order valence-electron chi connectivity index (χ0n) is 21.3. The molecule has 0 radical (unpaired) electrons. The molecule has 2 atom stereocenters. The Hall–Kier alpha value is -2.33. The normalized spacial score (nSPS) is 27.4. The highest BCUT2D eigenvalue weighted by atomic mass is 16.4. The van der Waals surface area contributed by atoms with Gasteiger partial charge >= 0.3 is 6.09 Å². The molecule has 3 saturated heterocycles. The number of piperidine rings is 3. The van der Waals surface area contributed by atoms with E-state index in [0.717, 1.165) is 51.7 Å². The van der Waals surface area contributed by atoms with Crippen LogP contribution in [0.2, 0.25) is 0 Å². The van der Waals surface area contributed by atoms with Gasteiger partial charge in [0, 0.05) is 6.54 Å². The maximum Gasteiger partial charge on any atom is 0.408 e. The Morgan fingerprint density at radius 1 is 1.12 bits per heavy atom. The van der Waals surface area contributed by atoms with Crippen molar-refractivity contribution in [3.05, 3.63) is 59.2 Å². The van der Waals surface area contributed by atoms with Crippen molar-refractivity contribution < 1.29 is 9.90 Å². The highest BCUT2D eigenvalue weighted by Gasteiger charge is 2.48. The van der Waals surface area contributed by atoms with Crippen molar-refractivity contribution in [3.8, 4) is 11.1 Å². The number of hydrogen-bond acceptors (Lipinski definition) is 2. The molecule has 4 aliphatic rings. The van der Waals surface area contributed by atoms with Gasteiger partial charge in [-0.15, -0.1) is 0 Å². The first-order chi connectivity index (χ1) is 16.2. The lowest BCUT2D eigenvalue weighted by molar-refractivity contribution is -0.0352. The van der Waals surface area contributed by atoms with Crippen molar-refractivity contribution >= 4 is 6.09 Å². The number of carbonyl (C=O) groups is 1. The molecule has 182 valence electrons. The molecule has 4 heteroatoms. The van der Waals surface area contributed by atoms with E-state index in [4.69, 9.17) is 0 Å². The van der Waals surface area contributed by atoms with Crippen LogP contribution in [-0.4, -0.2) is 46.7 Å². The number of aryl methyl sites for hydroxylation is 1. The lowest BCUT2D eigenvalue weighted by Crippen LogP contribution is -2.61. The molecule has 1 amide bonds. The molecular weight excluding hydrogens is 420 g/mol. The van der Waals surface area contributed by atoms with Gasteiger partial charge < -0.3 is 10.0 Å². The largest absolute Gasteiger partial charge is 0.465 e. The van der Waals surface area contributed by atoms with Crippen LogP contribution in [0, 0.1) is 17.3 Å². The number of rotatable bonds is 5. The molecule has 6 rings (SSSR count). The van der Waals surface area contributed by atoms with E-state index in [1.54, 1.807) is 0 Å². The quantitative estimate of drug-likeness (QED) is 0.544. The van der Waals surface area contributed by atoms with Crippen LogP contribution in [0.3, 0.4) is 0 Å². The van der Waals surface area contributed by atoms with E-state index >= 15 is 0 Å². The van der Waals surface area contributed by atoms with Crippen LogP contribution in [0.4, 0.5) is 4.79 Å². The lowest BCUT2D eigenvalue weighted by atomic mass is 9.68. The summed E-state index contributed by atoms with van der Waals surface area (Å²) in [7, 11) is 0. The van der Waals surface area contributed by atoms with Crippen LogP contribution in [0.25, 0.3) is 11.1 Å². The maximum absolute atomic E-state index is 12.8. The first-order valence-corrected chi connectivity index (χ1v) is 13.2. The zero-order chi connectivity index (χ0) is 24.0. The van der Waals surface area contributed by atoms with Crippen molar-refractivity contribution in [1.29, 1.82) is 0 Å². The fourth-order valence-electron chi connectivity index (χ4n) is 6.85. The summed E-state index contributed by atoms with van der Waals surface area (Å²) < 4.78 is 0. The minimum absolute atomic E-state index is 0.0872. The minimum atomic E-state index is -0.755. The first kappa shape index (κ1) is 23.4. The standard InChI is InChI=1S/C30H40N2O2/c1-20(2)16-21-6-5-7-23(17-21)24-8-9-26-25(18-24)10-13-30(3,4)28(26)32(29(33)34)27-19-31-14-11-22(27)12-15-31/h5-9,17-18,20,22,27-28H,10-16,19H2,1-4H3,(H,33,34)/t27-,28+/m1/s1. The molecular formula is C30H40N2O2. The smallest absolute Gasteiger partial charge is 0.408 e. The fraction of sp³-hybridized carbons (Fsp3) is 0.567. The molecule has 0 saturated carbocycles. The van der Waals surface area contributed by atoms with Gasteiger partial charge in [-0.05, 0) is 90.3 Å². The second-order valence-corrected chi connectivity index (χ2v) is 12.0. The third-order valence-corrected chi connectivity index (χ3v) is 8.60. The summed E-state index contributed by atoms with van der Waals surface area (Å²) in [4.78, 5) is 17.1. The molecule has 0 spiro atoms. The average Bonchev–Trinajstić information content (AvgIpc) is 2.81.